The SMILES string of the molecule is CC(=O)NCCN(C(=O)COCC1CC1)C(C)C(=O)O. The zero-order valence-electron chi connectivity index (χ0n) is 11.9. The molecular formula is C13H22N2O5. The maximum atomic E-state index is 12.0. The van der Waals surface area contributed by atoms with Crippen molar-refractivity contribution in [3.63, 3.8) is 0 Å². The van der Waals surface area contributed by atoms with Gasteiger partial charge in [0, 0.05) is 20.0 Å². The summed E-state index contributed by atoms with van der Waals surface area (Å²) in [6.07, 6.45) is 2.26. The van der Waals surface area contributed by atoms with E-state index in [-0.39, 0.29) is 31.5 Å². The van der Waals surface area contributed by atoms with E-state index in [9.17, 15) is 14.4 Å². The number of hydrogen-bond donors (Lipinski definition) is 2. The number of aliphatic carboxylic acids is 1. The second kappa shape index (κ2) is 7.84. The highest BCUT2D eigenvalue weighted by Crippen LogP contribution is 2.28. The average molecular weight is 286 g/mol. The minimum atomic E-state index is -1.08. The number of carboxylic acid groups (broad SMARTS) is 1. The van der Waals surface area contributed by atoms with Gasteiger partial charge in [-0.3, -0.25) is 9.59 Å². The van der Waals surface area contributed by atoms with Gasteiger partial charge in [-0.05, 0) is 25.7 Å². The Balaban J connectivity index is 2.43. The first-order chi connectivity index (χ1) is 9.41. The van der Waals surface area contributed by atoms with E-state index < -0.39 is 12.0 Å². The Morgan fingerprint density at radius 2 is 2.05 bits per heavy atom. The first-order valence-corrected chi connectivity index (χ1v) is 6.76. The number of ether oxygens (including phenoxy) is 1. The predicted molar refractivity (Wildman–Crippen MR) is 71.0 cm³/mol. The molecule has 1 rings (SSSR count). The van der Waals surface area contributed by atoms with Crippen molar-refractivity contribution in [3.8, 4) is 0 Å². The van der Waals surface area contributed by atoms with Crippen LogP contribution in [0.2, 0.25) is 0 Å². The molecule has 0 aromatic carbocycles. The number of amides is 2. The monoisotopic (exact) mass is 286 g/mol. The lowest BCUT2D eigenvalue weighted by atomic mass is 10.2. The Morgan fingerprint density at radius 1 is 1.40 bits per heavy atom. The van der Waals surface area contributed by atoms with Crippen molar-refractivity contribution >= 4 is 17.8 Å². The van der Waals surface area contributed by atoms with Gasteiger partial charge in [0.05, 0.1) is 6.61 Å². The van der Waals surface area contributed by atoms with Crippen LogP contribution in [-0.4, -0.2) is 60.1 Å². The Hall–Kier alpha value is -1.63. The van der Waals surface area contributed by atoms with Crippen LogP contribution in [0.3, 0.4) is 0 Å². The molecule has 0 aromatic rings. The molecule has 0 spiro atoms. The smallest absolute Gasteiger partial charge is 0.326 e. The third kappa shape index (κ3) is 6.01. The quantitative estimate of drug-likeness (QED) is 0.614. The van der Waals surface area contributed by atoms with Crippen molar-refractivity contribution in [2.75, 3.05) is 26.3 Å². The molecule has 2 N–H and O–H groups in total. The Morgan fingerprint density at radius 3 is 2.55 bits per heavy atom. The third-order valence-electron chi connectivity index (χ3n) is 3.15. The van der Waals surface area contributed by atoms with Crippen LogP contribution in [0.15, 0.2) is 0 Å². The molecule has 1 aliphatic carbocycles. The van der Waals surface area contributed by atoms with Gasteiger partial charge >= 0.3 is 5.97 Å². The van der Waals surface area contributed by atoms with E-state index in [1.165, 1.54) is 18.7 Å². The second-order valence-corrected chi connectivity index (χ2v) is 5.04. The summed E-state index contributed by atoms with van der Waals surface area (Å²) in [5.74, 6) is -1.12. The van der Waals surface area contributed by atoms with Gasteiger partial charge in [-0.2, -0.15) is 0 Å². The van der Waals surface area contributed by atoms with Crippen LogP contribution >= 0.6 is 0 Å². The first-order valence-electron chi connectivity index (χ1n) is 6.76. The molecule has 2 amide bonds. The van der Waals surface area contributed by atoms with Crippen LogP contribution in [0.4, 0.5) is 0 Å². The zero-order chi connectivity index (χ0) is 15.1. The fourth-order valence-electron chi connectivity index (χ4n) is 1.70. The highest BCUT2D eigenvalue weighted by atomic mass is 16.5. The van der Waals surface area contributed by atoms with Crippen LogP contribution in [-0.2, 0) is 19.1 Å². The van der Waals surface area contributed by atoms with E-state index in [1.807, 2.05) is 0 Å². The summed E-state index contributed by atoms with van der Waals surface area (Å²) in [7, 11) is 0. The molecule has 1 aliphatic rings. The summed E-state index contributed by atoms with van der Waals surface area (Å²) in [4.78, 5) is 35.0. The van der Waals surface area contributed by atoms with Gasteiger partial charge in [-0.25, -0.2) is 4.79 Å². The molecule has 114 valence electrons. The first kappa shape index (κ1) is 16.4. The molecule has 20 heavy (non-hydrogen) atoms. The van der Waals surface area contributed by atoms with E-state index in [1.54, 1.807) is 0 Å². The minimum Gasteiger partial charge on any atom is -0.480 e. The van der Waals surface area contributed by atoms with Crippen molar-refractivity contribution < 1.29 is 24.2 Å². The maximum absolute atomic E-state index is 12.0. The largest absolute Gasteiger partial charge is 0.480 e. The Kier molecular flexibility index (Phi) is 6.44. The lowest BCUT2D eigenvalue weighted by molar-refractivity contribution is -0.151. The van der Waals surface area contributed by atoms with Gasteiger partial charge in [-0.1, -0.05) is 0 Å². The van der Waals surface area contributed by atoms with E-state index in [4.69, 9.17) is 9.84 Å². The van der Waals surface area contributed by atoms with Crippen molar-refractivity contribution in [1.29, 1.82) is 0 Å². The van der Waals surface area contributed by atoms with E-state index in [2.05, 4.69) is 5.32 Å². The van der Waals surface area contributed by atoms with Crippen LogP contribution in [0, 0.1) is 5.92 Å². The van der Waals surface area contributed by atoms with Crippen molar-refractivity contribution in [3.05, 3.63) is 0 Å². The van der Waals surface area contributed by atoms with Crippen molar-refractivity contribution in [1.82, 2.24) is 10.2 Å². The number of carbonyl (C=O) groups is 3. The number of nitrogens with zero attached hydrogens (tertiary/aromatic N) is 1. The molecule has 0 bridgehead atoms. The van der Waals surface area contributed by atoms with Gasteiger partial charge in [-0.15, -0.1) is 0 Å². The highest BCUT2D eigenvalue weighted by Gasteiger charge is 2.26. The van der Waals surface area contributed by atoms with Crippen molar-refractivity contribution in [2.24, 2.45) is 5.92 Å². The Bertz CT molecular complexity index is 368. The summed E-state index contributed by atoms with van der Waals surface area (Å²) in [5.41, 5.74) is 0. The fourth-order valence-corrected chi connectivity index (χ4v) is 1.70. The average Bonchev–Trinajstić information content (AvgIpc) is 3.17. The molecule has 0 heterocycles. The normalized spacial score (nSPS) is 15.5. The molecule has 0 aliphatic heterocycles. The van der Waals surface area contributed by atoms with E-state index >= 15 is 0 Å². The maximum Gasteiger partial charge on any atom is 0.326 e. The molecule has 1 atom stereocenters. The molecular weight excluding hydrogens is 264 g/mol. The standard InChI is InChI=1S/C13H22N2O5/c1-9(13(18)19)15(6-5-14-10(2)16)12(17)8-20-7-11-3-4-11/h9,11H,3-8H2,1-2H3,(H,14,16)(H,18,19). The van der Waals surface area contributed by atoms with Crippen LogP contribution in [0.1, 0.15) is 26.7 Å². The van der Waals surface area contributed by atoms with Gasteiger partial charge in [0.15, 0.2) is 0 Å². The zero-order valence-corrected chi connectivity index (χ0v) is 11.9. The summed E-state index contributed by atoms with van der Waals surface area (Å²) < 4.78 is 5.29. The van der Waals surface area contributed by atoms with Gasteiger partial charge in [0.2, 0.25) is 11.8 Å². The summed E-state index contributed by atoms with van der Waals surface area (Å²) in [6, 6.07) is -0.944. The highest BCUT2D eigenvalue weighted by molar-refractivity contribution is 5.84. The molecule has 1 unspecified atom stereocenters. The molecule has 0 saturated heterocycles. The molecule has 0 radical (unpaired) electrons. The lowest BCUT2D eigenvalue weighted by Crippen LogP contribution is -2.48. The summed E-state index contributed by atoms with van der Waals surface area (Å²) >= 11 is 0. The topological polar surface area (TPSA) is 95.9 Å². The molecule has 1 saturated carbocycles. The number of carbonyl (C=O) groups excluding carboxylic acids is 2. The molecule has 7 heteroatoms. The summed E-state index contributed by atoms with van der Waals surface area (Å²) in [6.45, 7) is 3.61. The van der Waals surface area contributed by atoms with Crippen LogP contribution < -0.4 is 5.32 Å². The number of rotatable bonds is 9. The molecule has 0 aromatic heterocycles. The van der Waals surface area contributed by atoms with E-state index in [0.717, 1.165) is 12.8 Å². The third-order valence-corrected chi connectivity index (χ3v) is 3.15. The molecule has 1 fully saturated rings. The number of carboxylic acids is 1. The van der Waals surface area contributed by atoms with Crippen LogP contribution in [0.5, 0.6) is 0 Å². The predicted octanol–water partition coefficient (Wildman–Crippen LogP) is -0.149. The second-order valence-electron chi connectivity index (χ2n) is 5.04. The van der Waals surface area contributed by atoms with Gasteiger partial charge in [0.1, 0.15) is 12.6 Å². The summed E-state index contributed by atoms with van der Waals surface area (Å²) in [5, 5.41) is 11.6. The minimum absolute atomic E-state index is 0.117. The van der Waals surface area contributed by atoms with Crippen molar-refractivity contribution in [2.45, 2.75) is 32.7 Å². The number of nitrogens with one attached hydrogen (secondary N) is 1. The van der Waals surface area contributed by atoms with E-state index in [0.29, 0.717) is 12.5 Å². The van der Waals surface area contributed by atoms with Gasteiger partial charge < -0.3 is 20.1 Å². The Labute approximate surface area is 118 Å². The fraction of sp³-hybridized carbons (Fsp3) is 0.769. The van der Waals surface area contributed by atoms with Crippen LogP contribution in [0.25, 0.3) is 0 Å². The number of hydrogen-bond acceptors (Lipinski definition) is 4. The lowest BCUT2D eigenvalue weighted by Gasteiger charge is -2.26. The molecule has 7 nitrogen and oxygen atoms in total. The van der Waals surface area contributed by atoms with Gasteiger partial charge in [0.25, 0.3) is 0 Å².